The summed E-state index contributed by atoms with van der Waals surface area (Å²) in [5.41, 5.74) is 25.2. The Morgan fingerprint density at radius 1 is 0.229 bits per heavy atom. The van der Waals surface area contributed by atoms with Crippen molar-refractivity contribution in [2.45, 2.75) is 0 Å². The molecule has 0 bridgehead atoms. The highest BCUT2D eigenvalue weighted by Gasteiger charge is 2.18. The van der Waals surface area contributed by atoms with E-state index in [1.165, 1.54) is 66.3 Å². The van der Waals surface area contributed by atoms with Crippen LogP contribution in [0.5, 0.6) is 0 Å². The van der Waals surface area contributed by atoms with Crippen molar-refractivity contribution < 1.29 is 0 Å². The first kappa shape index (κ1) is 50.2. The molecule has 3 heteroatoms. The third-order valence-corrected chi connectivity index (χ3v) is 16.0. The minimum absolute atomic E-state index is 1.07. The summed E-state index contributed by atoms with van der Waals surface area (Å²) in [7, 11) is 0. The normalized spacial score (nSPS) is 11.2. The lowest BCUT2D eigenvalue weighted by atomic mass is 9.99. The minimum Gasteiger partial charge on any atom is -0.311 e. The van der Waals surface area contributed by atoms with Crippen molar-refractivity contribution in [1.82, 2.24) is 4.57 Å². The van der Waals surface area contributed by atoms with Gasteiger partial charge in [0, 0.05) is 50.6 Å². The number of hydrogen-bond donors (Lipinski definition) is 0. The van der Waals surface area contributed by atoms with Crippen LogP contribution < -0.4 is 9.80 Å². The van der Waals surface area contributed by atoms with Gasteiger partial charge in [-0.1, -0.05) is 237 Å². The van der Waals surface area contributed by atoms with Gasteiger partial charge in [0.1, 0.15) is 0 Å². The van der Waals surface area contributed by atoms with E-state index < -0.39 is 0 Å². The van der Waals surface area contributed by atoms with Crippen LogP contribution in [0.1, 0.15) is 5.56 Å². The SMILES string of the molecule is C=Cc1ccc(-c2ccc(-c3ccc(N(c4ccc(-c5ccc(N(c6ccc(-c7ccccc7)cc6)c6ccc(-c7ccccc7)cc6)cc5)cc4)c4ccc(-c5ccc6c(c5)c5ccccc5n6-c5ccccc5)cc4)cc3)cc2)cc1. The second-order valence-electron chi connectivity index (χ2n) is 21.0. The van der Waals surface area contributed by atoms with E-state index in [0.717, 1.165) is 67.6 Å². The van der Waals surface area contributed by atoms with Crippen molar-refractivity contribution in [3.05, 3.63) is 340 Å². The van der Waals surface area contributed by atoms with Crippen LogP contribution in [0.4, 0.5) is 34.1 Å². The van der Waals surface area contributed by atoms with Gasteiger partial charge in [-0.2, -0.15) is 0 Å². The molecular weight excluding hydrogens is 1000 g/mol. The van der Waals surface area contributed by atoms with E-state index in [0.29, 0.717) is 0 Å². The second-order valence-corrected chi connectivity index (χ2v) is 21.0. The summed E-state index contributed by atoms with van der Waals surface area (Å²) in [4.78, 5) is 4.70. The van der Waals surface area contributed by atoms with Crippen molar-refractivity contribution in [3.63, 3.8) is 0 Å². The van der Waals surface area contributed by atoms with Crippen molar-refractivity contribution in [3.8, 4) is 72.4 Å². The summed E-state index contributed by atoms with van der Waals surface area (Å²) in [6.07, 6.45) is 1.88. The van der Waals surface area contributed by atoms with Gasteiger partial charge in [0.05, 0.1) is 11.0 Å². The first-order valence-electron chi connectivity index (χ1n) is 28.3. The number of hydrogen-bond acceptors (Lipinski definition) is 2. The van der Waals surface area contributed by atoms with Crippen molar-refractivity contribution in [2.24, 2.45) is 0 Å². The van der Waals surface area contributed by atoms with Crippen LogP contribution in [-0.2, 0) is 0 Å². The molecule has 0 radical (unpaired) electrons. The lowest BCUT2D eigenvalue weighted by molar-refractivity contribution is 1.18. The van der Waals surface area contributed by atoms with Gasteiger partial charge in [0.25, 0.3) is 0 Å². The van der Waals surface area contributed by atoms with Crippen LogP contribution in [0.2, 0.25) is 0 Å². The summed E-state index contributed by atoms with van der Waals surface area (Å²) < 4.78 is 2.37. The number of nitrogens with zero attached hydrogens (tertiary/aromatic N) is 3. The van der Waals surface area contributed by atoms with Crippen molar-refractivity contribution in [2.75, 3.05) is 9.80 Å². The van der Waals surface area contributed by atoms with Gasteiger partial charge < -0.3 is 14.4 Å². The molecule has 0 saturated carbocycles. The zero-order valence-electron chi connectivity index (χ0n) is 45.8. The standard InChI is InChI=1S/C80H57N3/c1-2-57-22-24-60(25-23-57)61-26-28-62(29-27-61)65-34-47-73(48-35-65)82(76-53-40-68(41-54-76)69-42-55-80-78(56-69)77-20-12-13-21-79(77)83(80)70-18-10-5-11-19-70)75-51-38-67(39-52-75)66-36-49-74(50-37-66)81(71-43-30-63(31-44-71)58-14-6-3-7-15-58)72-45-32-64(33-46-72)59-16-8-4-9-17-59/h2-56H,1H2. The van der Waals surface area contributed by atoms with E-state index in [1.54, 1.807) is 0 Å². The van der Waals surface area contributed by atoms with Gasteiger partial charge in [0.2, 0.25) is 0 Å². The number of aromatic nitrogens is 1. The molecule has 0 aliphatic carbocycles. The Labute approximate surface area is 485 Å². The Morgan fingerprint density at radius 2 is 0.494 bits per heavy atom. The molecule has 0 N–H and O–H groups in total. The maximum atomic E-state index is 3.92. The molecule has 14 rings (SSSR count). The fourth-order valence-electron chi connectivity index (χ4n) is 11.6. The van der Waals surface area contributed by atoms with Crippen LogP contribution >= 0.6 is 0 Å². The molecule has 14 aromatic rings. The quantitative estimate of drug-likeness (QED) is 0.108. The third-order valence-electron chi connectivity index (χ3n) is 16.0. The molecular formula is C80H57N3. The van der Waals surface area contributed by atoms with E-state index in [9.17, 15) is 0 Å². The predicted molar refractivity (Wildman–Crippen MR) is 353 cm³/mol. The molecule has 0 amide bonds. The third kappa shape index (κ3) is 10.1. The van der Waals surface area contributed by atoms with Gasteiger partial charge in [-0.3, -0.25) is 0 Å². The number of para-hydroxylation sites is 2. The topological polar surface area (TPSA) is 11.4 Å². The molecule has 0 atom stereocenters. The molecule has 1 heterocycles. The van der Waals surface area contributed by atoms with Crippen LogP contribution in [0.15, 0.2) is 334 Å². The van der Waals surface area contributed by atoms with Gasteiger partial charge >= 0.3 is 0 Å². The number of fused-ring (bicyclic) bond motifs is 3. The van der Waals surface area contributed by atoms with E-state index in [4.69, 9.17) is 0 Å². The van der Waals surface area contributed by atoms with E-state index in [2.05, 4.69) is 349 Å². The molecule has 1 aromatic heterocycles. The molecule has 0 aliphatic rings. The molecule has 0 saturated heterocycles. The van der Waals surface area contributed by atoms with E-state index in [1.807, 2.05) is 6.08 Å². The molecule has 0 unspecified atom stereocenters. The minimum atomic E-state index is 1.07. The summed E-state index contributed by atoms with van der Waals surface area (Å²) in [6.45, 7) is 3.92. The van der Waals surface area contributed by atoms with Gasteiger partial charge in [-0.15, -0.1) is 0 Å². The summed E-state index contributed by atoms with van der Waals surface area (Å²) in [6, 6.07) is 118. The van der Waals surface area contributed by atoms with Crippen LogP contribution in [-0.4, -0.2) is 4.57 Å². The van der Waals surface area contributed by atoms with Crippen molar-refractivity contribution in [1.29, 1.82) is 0 Å². The fraction of sp³-hybridized carbons (Fsp3) is 0. The molecule has 13 aromatic carbocycles. The van der Waals surface area contributed by atoms with Gasteiger partial charge in [0.15, 0.2) is 0 Å². The fourth-order valence-corrected chi connectivity index (χ4v) is 11.6. The molecule has 3 nitrogen and oxygen atoms in total. The van der Waals surface area contributed by atoms with Crippen LogP contribution in [0.3, 0.4) is 0 Å². The molecule has 83 heavy (non-hydrogen) atoms. The van der Waals surface area contributed by atoms with Gasteiger partial charge in [-0.25, -0.2) is 0 Å². The van der Waals surface area contributed by atoms with E-state index >= 15 is 0 Å². The maximum absolute atomic E-state index is 3.92. The first-order chi connectivity index (χ1) is 41.1. The van der Waals surface area contributed by atoms with Crippen molar-refractivity contribution >= 4 is 62.0 Å². The predicted octanol–water partition coefficient (Wildman–Crippen LogP) is 22.4. The zero-order valence-corrected chi connectivity index (χ0v) is 45.8. The highest BCUT2D eigenvalue weighted by Crippen LogP contribution is 2.42. The Bertz CT molecular complexity index is 4430. The highest BCUT2D eigenvalue weighted by atomic mass is 15.1. The highest BCUT2D eigenvalue weighted by molar-refractivity contribution is 6.10. The number of anilines is 6. The summed E-state index contributed by atoms with van der Waals surface area (Å²) in [5.74, 6) is 0. The number of benzene rings is 13. The Morgan fingerprint density at radius 3 is 0.855 bits per heavy atom. The summed E-state index contributed by atoms with van der Waals surface area (Å²) >= 11 is 0. The lowest BCUT2D eigenvalue weighted by Crippen LogP contribution is -2.10. The zero-order chi connectivity index (χ0) is 55.5. The molecule has 0 spiro atoms. The lowest BCUT2D eigenvalue weighted by Gasteiger charge is -2.27. The maximum Gasteiger partial charge on any atom is 0.0541 e. The largest absolute Gasteiger partial charge is 0.311 e. The number of rotatable bonds is 14. The van der Waals surface area contributed by atoms with Gasteiger partial charge in [-0.05, 0) is 175 Å². The monoisotopic (exact) mass is 1060 g/mol. The average Bonchev–Trinajstić information content (AvgIpc) is 3.17. The molecule has 0 aliphatic heterocycles. The Balaban J connectivity index is 0.784. The Kier molecular flexibility index (Phi) is 13.5. The Hall–Kier alpha value is -11.0. The smallest absolute Gasteiger partial charge is 0.0541 e. The first-order valence-corrected chi connectivity index (χ1v) is 28.3. The van der Waals surface area contributed by atoms with Crippen LogP contribution in [0.25, 0.3) is 100 Å². The van der Waals surface area contributed by atoms with Crippen LogP contribution in [0, 0.1) is 0 Å². The second kappa shape index (κ2) is 22.3. The average molecular weight is 1060 g/mol. The molecule has 392 valence electrons. The molecule has 0 fully saturated rings. The summed E-state index contributed by atoms with van der Waals surface area (Å²) in [5, 5.41) is 2.48. The van der Waals surface area contributed by atoms with E-state index in [-0.39, 0.29) is 0 Å².